The summed E-state index contributed by atoms with van der Waals surface area (Å²) in [6.07, 6.45) is 0. The number of furan rings is 1. The van der Waals surface area contributed by atoms with E-state index in [1.54, 1.807) is 26.7 Å². The van der Waals surface area contributed by atoms with Crippen molar-refractivity contribution in [2.75, 3.05) is 26.7 Å². The van der Waals surface area contributed by atoms with E-state index in [4.69, 9.17) is 19.4 Å². The van der Waals surface area contributed by atoms with Crippen molar-refractivity contribution in [3.05, 3.63) is 152 Å². The Bertz CT molecular complexity index is 2990. The van der Waals surface area contributed by atoms with E-state index >= 15 is 0 Å². The van der Waals surface area contributed by atoms with Gasteiger partial charge < -0.3 is 13.5 Å². The smallest absolute Gasteiger partial charge is 0.164 e. The van der Waals surface area contributed by atoms with Crippen LogP contribution in [0.25, 0.3) is 89.1 Å². The number of hydrogen-bond acceptors (Lipinski definition) is 6. The fourth-order valence-corrected chi connectivity index (χ4v) is 9.09. The van der Waals surface area contributed by atoms with Gasteiger partial charge in [-0.1, -0.05) is 115 Å². The number of nitrogens with zero attached hydrogens (tertiary/aromatic N) is 3. The van der Waals surface area contributed by atoms with Gasteiger partial charge in [0.05, 0.1) is 0 Å². The summed E-state index contributed by atoms with van der Waals surface area (Å²) in [7, 11) is -5.21. The molecule has 9 rings (SSSR count). The molecule has 0 bridgehead atoms. The first-order chi connectivity index (χ1) is 26.5. The lowest BCUT2D eigenvalue weighted by Gasteiger charge is -2.17. The van der Waals surface area contributed by atoms with Crippen LogP contribution in [0.1, 0.15) is 0 Å². The summed E-state index contributed by atoms with van der Waals surface area (Å²) in [6.45, 7) is 7.05. The Kier molecular flexibility index (Phi) is 8.50. The van der Waals surface area contributed by atoms with E-state index in [0.29, 0.717) is 17.5 Å². The van der Waals surface area contributed by atoms with Gasteiger partial charge in [-0.25, -0.2) is 15.0 Å². The van der Waals surface area contributed by atoms with E-state index in [2.05, 4.69) is 60.7 Å². The van der Waals surface area contributed by atoms with Gasteiger partial charge in [-0.05, 0) is 96.1 Å². The lowest BCUT2D eigenvalue weighted by molar-refractivity contribution is 0.588. The lowest BCUT2D eigenvalue weighted by atomic mass is 9.92. The Hall–Kier alpha value is -5.93. The van der Waals surface area contributed by atoms with Crippen LogP contribution in [0.15, 0.2) is 156 Å². The predicted octanol–water partition coefficient (Wildman–Crippen LogP) is 11.8. The molecule has 0 aliphatic rings. The van der Waals surface area contributed by atoms with Crippen LogP contribution in [-0.2, 0) is 9.13 Å². The molecule has 0 aliphatic heterocycles. The Labute approximate surface area is 319 Å². The predicted molar refractivity (Wildman–Crippen MR) is 230 cm³/mol. The van der Waals surface area contributed by atoms with Crippen molar-refractivity contribution in [2.24, 2.45) is 0 Å². The summed E-state index contributed by atoms with van der Waals surface area (Å²) >= 11 is 0. The minimum Gasteiger partial charge on any atom is -0.456 e. The van der Waals surface area contributed by atoms with E-state index in [9.17, 15) is 9.13 Å². The Balaban J connectivity index is 1.13. The van der Waals surface area contributed by atoms with E-state index < -0.39 is 14.3 Å². The molecule has 0 fully saturated rings. The zero-order valence-corrected chi connectivity index (χ0v) is 32.7. The maximum atomic E-state index is 13.3. The maximum absolute atomic E-state index is 13.3. The van der Waals surface area contributed by atoms with Crippen LogP contribution in [0.2, 0.25) is 0 Å². The van der Waals surface area contributed by atoms with Crippen molar-refractivity contribution in [1.29, 1.82) is 0 Å². The highest BCUT2D eigenvalue weighted by molar-refractivity contribution is 7.71. The molecule has 0 unspecified atom stereocenters. The second-order valence-electron chi connectivity index (χ2n) is 14.7. The Morgan fingerprint density at radius 2 is 0.836 bits per heavy atom. The molecule has 0 N–H and O–H groups in total. The summed E-state index contributed by atoms with van der Waals surface area (Å²) in [5.74, 6) is 1.73. The molecule has 55 heavy (non-hydrogen) atoms. The monoisotopic (exact) mass is 753 g/mol. The number of fused-ring (bicyclic) bond motifs is 4. The van der Waals surface area contributed by atoms with Crippen LogP contribution >= 0.6 is 14.3 Å². The normalized spacial score (nSPS) is 12.1. The number of hydrogen-bond donors (Lipinski definition) is 0. The number of aromatic nitrogens is 3. The van der Waals surface area contributed by atoms with Gasteiger partial charge in [0.25, 0.3) is 0 Å². The molecule has 8 heteroatoms. The third kappa shape index (κ3) is 6.63. The summed E-state index contributed by atoms with van der Waals surface area (Å²) in [5.41, 5.74) is 8.29. The molecule has 2 aromatic heterocycles. The highest BCUT2D eigenvalue weighted by Gasteiger charge is 2.21. The van der Waals surface area contributed by atoms with Crippen LogP contribution < -0.4 is 10.6 Å². The largest absolute Gasteiger partial charge is 0.456 e. The SMILES string of the molecule is CP(C)(=O)c1cc(-c2ccc(-c3ccc(-c4nc(-c5ccccc5)nc(-c5ccc6c(c5)oc5ccccc56)n4)cc3)c3ccccc23)cc(P(C)(C)=O)c1. The van der Waals surface area contributed by atoms with Crippen LogP contribution in [0.5, 0.6) is 0 Å². The second-order valence-corrected chi connectivity index (χ2v) is 21.1. The van der Waals surface area contributed by atoms with Crippen molar-refractivity contribution in [3.8, 4) is 56.4 Å². The van der Waals surface area contributed by atoms with Gasteiger partial charge in [-0.2, -0.15) is 0 Å². The molecule has 0 radical (unpaired) electrons. The van der Waals surface area contributed by atoms with E-state index in [1.165, 1.54) is 0 Å². The zero-order valence-electron chi connectivity index (χ0n) is 30.9. The standard InChI is InChI=1S/C47H37N3O3P2/c1-54(2,51)35-26-34(27-36(29-35)55(3,4)52)38-25-24-37(39-14-8-9-15-40(38)39)30-18-20-32(21-19-30)46-48-45(31-12-6-5-7-13-31)49-47(50-46)33-22-23-42-41-16-10-11-17-43(41)53-44(42)28-33/h5-29H,1-4H3. The third-order valence-corrected chi connectivity index (χ3v) is 13.1. The molecule has 2 heterocycles. The van der Waals surface area contributed by atoms with Crippen LogP contribution in [0.3, 0.4) is 0 Å². The average molecular weight is 754 g/mol. The number of rotatable bonds is 7. The molecule has 0 saturated heterocycles. The molecule has 9 aromatic rings. The van der Waals surface area contributed by atoms with Crippen molar-refractivity contribution in [3.63, 3.8) is 0 Å². The van der Waals surface area contributed by atoms with Gasteiger partial charge in [0.1, 0.15) is 25.4 Å². The summed E-state index contributed by atoms with van der Waals surface area (Å²) in [5, 5.41) is 5.74. The number of benzene rings is 7. The summed E-state index contributed by atoms with van der Waals surface area (Å²) in [6, 6.07) is 50.9. The highest BCUT2D eigenvalue weighted by Crippen LogP contribution is 2.42. The van der Waals surface area contributed by atoms with E-state index in [-0.39, 0.29) is 0 Å². The molecular weight excluding hydrogens is 716 g/mol. The Morgan fingerprint density at radius 3 is 1.44 bits per heavy atom. The van der Waals surface area contributed by atoms with Gasteiger partial charge >= 0.3 is 0 Å². The third-order valence-electron chi connectivity index (χ3n) is 10.1. The van der Waals surface area contributed by atoms with Gasteiger partial charge in [0.2, 0.25) is 0 Å². The minimum absolute atomic E-state index is 0.564. The van der Waals surface area contributed by atoms with Crippen molar-refractivity contribution < 1.29 is 13.5 Å². The molecule has 0 amide bonds. The molecule has 0 atom stereocenters. The van der Waals surface area contributed by atoms with Crippen LogP contribution in [0.4, 0.5) is 0 Å². The fraction of sp³-hybridized carbons (Fsp3) is 0.0851. The molecule has 0 spiro atoms. The molecule has 0 aliphatic carbocycles. The van der Waals surface area contributed by atoms with Gasteiger partial charge in [0.15, 0.2) is 17.5 Å². The minimum atomic E-state index is -2.61. The summed E-state index contributed by atoms with van der Waals surface area (Å²) in [4.78, 5) is 14.9. The topological polar surface area (TPSA) is 85.9 Å². The Morgan fingerprint density at radius 1 is 0.382 bits per heavy atom. The van der Waals surface area contributed by atoms with Gasteiger partial charge in [0, 0.05) is 38.1 Å². The zero-order chi connectivity index (χ0) is 37.9. The molecule has 0 saturated carbocycles. The highest BCUT2D eigenvalue weighted by atomic mass is 31.2. The first-order valence-electron chi connectivity index (χ1n) is 18.1. The van der Waals surface area contributed by atoms with Gasteiger partial charge in [-0.3, -0.25) is 0 Å². The van der Waals surface area contributed by atoms with Crippen LogP contribution in [-0.4, -0.2) is 41.6 Å². The first kappa shape index (κ1) is 34.8. The van der Waals surface area contributed by atoms with E-state index in [1.807, 2.05) is 91.0 Å². The fourth-order valence-electron chi connectivity index (χ4n) is 7.19. The van der Waals surface area contributed by atoms with Crippen LogP contribution in [0, 0.1) is 0 Å². The summed E-state index contributed by atoms with van der Waals surface area (Å²) < 4.78 is 32.7. The molecule has 268 valence electrons. The quantitative estimate of drug-likeness (QED) is 0.151. The van der Waals surface area contributed by atoms with Crippen molar-refractivity contribution in [2.45, 2.75) is 0 Å². The van der Waals surface area contributed by atoms with E-state index in [0.717, 1.165) is 82.3 Å². The average Bonchev–Trinajstić information content (AvgIpc) is 3.58. The lowest BCUT2D eigenvalue weighted by Crippen LogP contribution is -2.14. The molecule has 7 aromatic carbocycles. The molecule has 6 nitrogen and oxygen atoms in total. The molecular formula is C47H37N3O3P2. The number of para-hydroxylation sites is 1. The van der Waals surface area contributed by atoms with Crippen molar-refractivity contribution >= 4 is 57.6 Å². The first-order valence-corrected chi connectivity index (χ1v) is 23.3. The van der Waals surface area contributed by atoms with Gasteiger partial charge in [-0.15, -0.1) is 0 Å². The second kappa shape index (κ2) is 13.4. The maximum Gasteiger partial charge on any atom is 0.164 e. The van der Waals surface area contributed by atoms with Crippen molar-refractivity contribution in [1.82, 2.24) is 15.0 Å².